The molecule has 1 aliphatic rings. The van der Waals surface area contributed by atoms with Crippen LogP contribution >= 0.6 is 11.3 Å². The molecule has 0 radical (unpaired) electrons. The van der Waals surface area contributed by atoms with E-state index in [0.717, 1.165) is 36.5 Å². The van der Waals surface area contributed by atoms with Gasteiger partial charge in [-0.15, -0.1) is 11.3 Å². The molecule has 0 atom stereocenters. The highest BCUT2D eigenvalue weighted by Crippen LogP contribution is 2.17. The van der Waals surface area contributed by atoms with E-state index in [1.165, 1.54) is 0 Å². The first-order valence-corrected chi connectivity index (χ1v) is 6.90. The molecule has 1 aliphatic heterocycles. The number of nitrogens with zero attached hydrogens (tertiary/aromatic N) is 2. The summed E-state index contributed by atoms with van der Waals surface area (Å²) in [4.78, 5) is 19.6. The molecule has 4 nitrogen and oxygen atoms in total. The predicted molar refractivity (Wildman–Crippen MR) is 68.9 cm³/mol. The van der Waals surface area contributed by atoms with Crippen molar-refractivity contribution in [1.29, 1.82) is 0 Å². The van der Waals surface area contributed by atoms with E-state index < -0.39 is 0 Å². The Labute approximate surface area is 106 Å². The first-order valence-electron chi connectivity index (χ1n) is 6.02. The van der Waals surface area contributed by atoms with Crippen LogP contribution in [0, 0.1) is 12.8 Å². The van der Waals surface area contributed by atoms with Gasteiger partial charge in [0.2, 0.25) is 5.91 Å². The van der Waals surface area contributed by atoms with E-state index in [2.05, 4.69) is 22.2 Å². The van der Waals surface area contributed by atoms with Crippen molar-refractivity contribution in [2.45, 2.75) is 26.3 Å². The number of nitrogens with one attached hydrogen (secondary N) is 1. The number of aromatic nitrogens is 1. The van der Waals surface area contributed by atoms with E-state index in [1.807, 2.05) is 12.4 Å². The molecule has 1 N–H and O–H groups in total. The number of rotatable bonds is 3. The van der Waals surface area contributed by atoms with Gasteiger partial charge in [0.15, 0.2) is 0 Å². The zero-order valence-corrected chi connectivity index (χ0v) is 11.2. The third-order valence-corrected chi connectivity index (χ3v) is 4.29. The van der Waals surface area contributed by atoms with Crippen LogP contribution in [0.1, 0.15) is 23.4 Å². The molecular formula is C12H19N3OS. The van der Waals surface area contributed by atoms with E-state index in [4.69, 9.17) is 0 Å². The van der Waals surface area contributed by atoms with Gasteiger partial charge in [-0.25, -0.2) is 4.98 Å². The second-order valence-corrected chi connectivity index (χ2v) is 5.60. The summed E-state index contributed by atoms with van der Waals surface area (Å²) in [6.07, 6.45) is 1.95. The Morgan fingerprint density at radius 1 is 1.59 bits per heavy atom. The van der Waals surface area contributed by atoms with Crippen LogP contribution in [0.2, 0.25) is 0 Å². The molecule has 0 aliphatic carbocycles. The van der Waals surface area contributed by atoms with Crippen molar-refractivity contribution in [3.63, 3.8) is 0 Å². The minimum atomic E-state index is 0.194. The molecule has 2 rings (SSSR count). The summed E-state index contributed by atoms with van der Waals surface area (Å²) < 4.78 is 0. The summed E-state index contributed by atoms with van der Waals surface area (Å²) in [6.45, 7) is 4.66. The van der Waals surface area contributed by atoms with E-state index in [1.54, 1.807) is 11.3 Å². The van der Waals surface area contributed by atoms with Crippen molar-refractivity contribution >= 4 is 17.2 Å². The third kappa shape index (κ3) is 3.26. The SMILES string of the molecule is Cc1ncsc1CNC(=O)C1CCN(C)CC1. The number of hydrogen-bond donors (Lipinski definition) is 1. The van der Waals surface area contributed by atoms with Crippen LogP contribution in [0.3, 0.4) is 0 Å². The quantitative estimate of drug-likeness (QED) is 0.886. The molecule has 1 fully saturated rings. The molecule has 0 spiro atoms. The first kappa shape index (κ1) is 12.5. The number of carbonyl (C=O) groups is 1. The molecule has 0 aromatic carbocycles. The van der Waals surface area contributed by atoms with Gasteiger partial charge in [-0.1, -0.05) is 0 Å². The summed E-state index contributed by atoms with van der Waals surface area (Å²) in [7, 11) is 2.11. The van der Waals surface area contributed by atoms with Crippen LogP contribution in [0.15, 0.2) is 5.51 Å². The molecule has 0 bridgehead atoms. The number of hydrogen-bond acceptors (Lipinski definition) is 4. The zero-order chi connectivity index (χ0) is 12.3. The fourth-order valence-electron chi connectivity index (χ4n) is 2.08. The lowest BCUT2D eigenvalue weighted by molar-refractivity contribution is -0.126. The molecule has 1 aromatic rings. The van der Waals surface area contributed by atoms with Gasteiger partial charge in [-0.05, 0) is 39.9 Å². The van der Waals surface area contributed by atoms with Gasteiger partial charge >= 0.3 is 0 Å². The average Bonchev–Trinajstić information content (AvgIpc) is 2.73. The first-order chi connectivity index (χ1) is 8.16. The molecule has 17 heavy (non-hydrogen) atoms. The lowest BCUT2D eigenvalue weighted by Gasteiger charge is -2.27. The Morgan fingerprint density at radius 3 is 2.88 bits per heavy atom. The standard InChI is InChI=1S/C12H19N3OS/c1-9-11(17-8-14-9)7-13-12(16)10-3-5-15(2)6-4-10/h8,10H,3-7H2,1-2H3,(H,13,16). The van der Waals surface area contributed by atoms with Crippen molar-refractivity contribution in [3.05, 3.63) is 16.1 Å². The minimum Gasteiger partial charge on any atom is -0.351 e. The van der Waals surface area contributed by atoms with Crippen LogP contribution in [0.5, 0.6) is 0 Å². The molecule has 1 saturated heterocycles. The highest BCUT2D eigenvalue weighted by Gasteiger charge is 2.23. The number of amides is 1. The summed E-state index contributed by atoms with van der Waals surface area (Å²) >= 11 is 1.60. The van der Waals surface area contributed by atoms with Crippen LogP contribution < -0.4 is 5.32 Å². The van der Waals surface area contributed by atoms with E-state index in [-0.39, 0.29) is 11.8 Å². The monoisotopic (exact) mass is 253 g/mol. The maximum atomic E-state index is 12.0. The predicted octanol–water partition coefficient (Wildman–Crippen LogP) is 1.41. The van der Waals surface area contributed by atoms with Crippen molar-refractivity contribution < 1.29 is 4.79 Å². The van der Waals surface area contributed by atoms with Crippen molar-refractivity contribution in [3.8, 4) is 0 Å². The molecule has 0 saturated carbocycles. The molecule has 1 aromatic heterocycles. The summed E-state index contributed by atoms with van der Waals surface area (Å²) in [6, 6.07) is 0. The normalized spacial score (nSPS) is 18.2. The molecule has 94 valence electrons. The Morgan fingerprint density at radius 2 is 2.29 bits per heavy atom. The van der Waals surface area contributed by atoms with Gasteiger partial charge in [0, 0.05) is 10.8 Å². The van der Waals surface area contributed by atoms with E-state index in [9.17, 15) is 4.79 Å². The van der Waals surface area contributed by atoms with Gasteiger partial charge in [0.1, 0.15) is 0 Å². The number of likely N-dealkylation sites (tertiary alicyclic amines) is 1. The second-order valence-electron chi connectivity index (χ2n) is 4.66. The maximum Gasteiger partial charge on any atom is 0.223 e. The van der Waals surface area contributed by atoms with Gasteiger partial charge < -0.3 is 10.2 Å². The van der Waals surface area contributed by atoms with Crippen LogP contribution in [-0.4, -0.2) is 35.9 Å². The van der Waals surface area contributed by atoms with Crippen LogP contribution in [0.25, 0.3) is 0 Å². The zero-order valence-electron chi connectivity index (χ0n) is 10.4. The molecule has 0 unspecified atom stereocenters. The van der Waals surface area contributed by atoms with Gasteiger partial charge in [0.25, 0.3) is 0 Å². The smallest absolute Gasteiger partial charge is 0.223 e. The number of aryl methyl sites for hydroxylation is 1. The minimum absolute atomic E-state index is 0.194. The number of carbonyl (C=O) groups excluding carboxylic acids is 1. The molecule has 2 heterocycles. The third-order valence-electron chi connectivity index (χ3n) is 3.36. The Balaban J connectivity index is 1.80. The lowest BCUT2D eigenvalue weighted by Crippen LogP contribution is -2.38. The largest absolute Gasteiger partial charge is 0.351 e. The lowest BCUT2D eigenvalue weighted by atomic mass is 9.96. The molecule has 1 amide bonds. The molecular weight excluding hydrogens is 234 g/mol. The highest BCUT2D eigenvalue weighted by molar-refractivity contribution is 7.09. The number of thiazole rings is 1. The van der Waals surface area contributed by atoms with Crippen LogP contribution in [0.4, 0.5) is 0 Å². The Kier molecular flexibility index (Phi) is 4.12. The van der Waals surface area contributed by atoms with E-state index in [0.29, 0.717) is 6.54 Å². The van der Waals surface area contributed by atoms with Gasteiger partial charge in [-0.3, -0.25) is 4.79 Å². The Bertz CT molecular complexity index is 383. The topological polar surface area (TPSA) is 45.2 Å². The summed E-state index contributed by atoms with van der Waals surface area (Å²) in [5.74, 6) is 0.394. The highest BCUT2D eigenvalue weighted by atomic mass is 32.1. The van der Waals surface area contributed by atoms with Crippen molar-refractivity contribution in [2.75, 3.05) is 20.1 Å². The van der Waals surface area contributed by atoms with E-state index >= 15 is 0 Å². The van der Waals surface area contributed by atoms with Gasteiger partial charge in [0.05, 0.1) is 17.7 Å². The number of piperidine rings is 1. The fraction of sp³-hybridized carbons (Fsp3) is 0.667. The summed E-state index contributed by atoms with van der Waals surface area (Å²) in [5.41, 5.74) is 2.85. The Hall–Kier alpha value is -0.940. The summed E-state index contributed by atoms with van der Waals surface area (Å²) in [5, 5.41) is 3.02. The van der Waals surface area contributed by atoms with Crippen LogP contribution in [-0.2, 0) is 11.3 Å². The van der Waals surface area contributed by atoms with Crippen molar-refractivity contribution in [1.82, 2.24) is 15.2 Å². The maximum absolute atomic E-state index is 12.0. The van der Waals surface area contributed by atoms with Crippen molar-refractivity contribution in [2.24, 2.45) is 5.92 Å². The second kappa shape index (κ2) is 5.60. The molecule has 5 heteroatoms. The average molecular weight is 253 g/mol. The van der Waals surface area contributed by atoms with Gasteiger partial charge in [-0.2, -0.15) is 0 Å². The fourth-order valence-corrected chi connectivity index (χ4v) is 2.80.